The van der Waals surface area contributed by atoms with Crippen LogP contribution < -0.4 is 16.4 Å². The van der Waals surface area contributed by atoms with E-state index < -0.39 is 6.17 Å². The molecule has 276 valence electrons. The van der Waals surface area contributed by atoms with Crippen LogP contribution in [0.2, 0.25) is 0 Å². The zero-order chi connectivity index (χ0) is 38.6. The average molecular weight is 744 g/mol. The molecular weight excluding hydrogens is 703 g/mol. The van der Waals surface area contributed by atoms with Crippen molar-refractivity contribution in [3.05, 3.63) is 217 Å². The highest BCUT2D eigenvalue weighted by Crippen LogP contribution is 2.41. The molecule has 0 saturated carbocycles. The van der Waals surface area contributed by atoms with Crippen LogP contribution >= 0.6 is 0 Å². The standard InChI is InChI=1S/C55H41N3/c56-54(38-28-26-36(27-29-38)35-14-2-1-3-15-35)58-55(53-43-20-7-5-17-39(43)32-50-41-18-6-4-16-37(41)30-31-49(50)53)57-34-40-33-51-46-23-10-9-21-44(46)45-22-11-13-25-48(45)52(51)47-24-12-8-19-42(40)47/h1-33,54-55,57-58H,34,56H2. The molecule has 2 atom stereocenters. The molecule has 0 amide bonds. The van der Waals surface area contributed by atoms with Crippen LogP contribution in [-0.4, -0.2) is 0 Å². The Morgan fingerprint density at radius 1 is 0.379 bits per heavy atom. The molecule has 11 aromatic carbocycles. The van der Waals surface area contributed by atoms with E-state index in [2.05, 4.69) is 211 Å². The van der Waals surface area contributed by atoms with Gasteiger partial charge in [-0.1, -0.05) is 188 Å². The third kappa shape index (κ3) is 5.79. The Kier molecular flexibility index (Phi) is 8.45. The van der Waals surface area contributed by atoms with Gasteiger partial charge in [0.15, 0.2) is 0 Å². The smallest absolute Gasteiger partial charge is 0.0864 e. The van der Waals surface area contributed by atoms with Crippen molar-refractivity contribution in [2.24, 2.45) is 5.73 Å². The topological polar surface area (TPSA) is 50.1 Å². The van der Waals surface area contributed by atoms with Gasteiger partial charge in [0, 0.05) is 6.54 Å². The fraction of sp³-hybridized carbons (Fsp3) is 0.0545. The minimum atomic E-state index is -0.444. The van der Waals surface area contributed by atoms with Gasteiger partial charge in [0.05, 0.1) is 12.3 Å². The number of rotatable bonds is 8. The van der Waals surface area contributed by atoms with Crippen LogP contribution in [-0.2, 0) is 6.54 Å². The summed E-state index contributed by atoms with van der Waals surface area (Å²) in [5, 5.41) is 25.5. The van der Waals surface area contributed by atoms with Crippen molar-refractivity contribution in [2.45, 2.75) is 18.9 Å². The first-order valence-corrected chi connectivity index (χ1v) is 20.2. The highest BCUT2D eigenvalue weighted by molar-refractivity contribution is 6.31. The molecule has 0 aliphatic heterocycles. The highest BCUT2D eigenvalue weighted by Gasteiger charge is 2.23. The van der Waals surface area contributed by atoms with Gasteiger partial charge in [0.1, 0.15) is 0 Å². The zero-order valence-electron chi connectivity index (χ0n) is 32.0. The monoisotopic (exact) mass is 743 g/mol. The Hall–Kier alpha value is -6.88. The Morgan fingerprint density at radius 3 is 1.64 bits per heavy atom. The predicted octanol–water partition coefficient (Wildman–Crippen LogP) is 13.5. The van der Waals surface area contributed by atoms with Crippen LogP contribution in [0.25, 0.3) is 86.5 Å². The van der Waals surface area contributed by atoms with Crippen LogP contribution in [0.3, 0.4) is 0 Å². The second-order valence-electron chi connectivity index (χ2n) is 15.4. The number of nitrogens with one attached hydrogen (secondary N) is 2. The van der Waals surface area contributed by atoms with Crippen LogP contribution in [0, 0.1) is 0 Å². The van der Waals surface area contributed by atoms with E-state index in [-0.39, 0.29) is 6.17 Å². The number of nitrogens with two attached hydrogens (primary N) is 1. The van der Waals surface area contributed by atoms with Gasteiger partial charge in [0.25, 0.3) is 0 Å². The van der Waals surface area contributed by atoms with Gasteiger partial charge in [0.2, 0.25) is 0 Å². The van der Waals surface area contributed by atoms with Gasteiger partial charge in [-0.15, -0.1) is 0 Å². The summed E-state index contributed by atoms with van der Waals surface area (Å²) in [6.07, 6.45) is -0.748. The number of hydrogen-bond donors (Lipinski definition) is 3. The normalized spacial score (nSPS) is 13.0. The molecular formula is C55H41N3. The molecule has 0 bridgehead atoms. The zero-order valence-corrected chi connectivity index (χ0v) is 32.0. The Morgan fingerprint density at radius 2 is 0.914 bits per heavy atom. The lowest BCUT2D eigenvalue weighted by atomic mass is 9.89. The molecule has 0 spiro atoms. The van der Waals surface area contributed by atoms with E-state index in [1.54, 1.807) is 0 Å². The maximum Gasteiger partial charge on any atom is 0.0864 e. The van der Waals surface area contributed by atoms with Crippen LogP contribution in [0.4, 0.5) is 0 Å². The summed E-state index contributed by atoms with van der Waals surface area (Å²) in [7, 11) is 0. The lowest BCUT2D eigenvalue weighted by molar-refractivity contribution is 0.390. The first kappa shape index (κ1) is 34.4. The summed E-state index contributed by atoms with van der Waals surface area (Å²) in [5.41, 5.74) is 13.0. The molecule has 58 heavy (non-hydrogen) atoms. The van der Waals surface area contributed by atoms with Gasteiger partial charge in [-0.25, -0.2) is 0 Å². The van der Waals surface area contributed by atoms with E-state index in [0.717, 1.165) is 5.56 Å². The van der Waals surface area contributed by atoms with Crippen molar-refractivity contribution in [3.63, 3.8) is 0 Å². The molecule has 0 heterocycles. The summed E-state index contributed by atoms with van der Waals surface area (Å²) in [6.45, 7) is 0.618. The maximum absolute atomic E-state index is 7.20. The Balaban J connectivity index is 1.08. The summed E-state index contributed by atoms with van der Waals surface area (Å²) < 4.78 is 0. The molecule has 0 aromatic heterocycles. The second kappa shape index (κ2) is 14.3. The minimum Gasteiger partial charge on any atom is -0.312 e. The third-order valence-corrected chi connectivity index (χ3v) is 12.2. The second-order valence-corrected chi connectivity index (χ2v) is 15.4. The largest absolute Gasteiger partial charge is 0.312 e. The number of hydrogen-bond acceptors (Lipinski definition) is 3. The molecule has 2 unspecified atom stereocenters. The fourth-order valence-corrected chi connectivity index (χ4v) is 9.40. The molecule has 0 aliphatic rings. The van der Waals surface area contributed by atoms with Gasteiger partial charge in [-0.3, -0.25) is 10.6 Å². The van der Waals surface area contributed by atoms with Crippen LogP contribution in [0.15, 0.2) is 200 Å². The molecule has 4 N–H and O–H groups in total. The molecule has 0 fully saturated rings. The lowest BCUT2D eigenvalue weighted by Crippen LogP contribution is -2.40. The number of benzene rings is 11. The first-order valence-electron chi connectivity index (χ1n) is 20.2. The van der Waals surface area contributed by atoms with Crippen LogP contribution in [0.1, 0.15) is 29.0 Å². The molecule has 0 saturated heterocycles. The van der Waals surface area contributed by atoms with E-state index in [1.165, 1.54) is 97.7 Å². The van der Waals surface area contributed by atoms with Crippen molar-refractivity contribution in [1.82, 2.24) is 10.6 Å². The molecule has 11 aromatic rings. The fourth-order valence-electron chi connectivity index (χ4n) is 9.40. The van der Waals surface area contributed by atoms with E-state index in [9.17, 15) is 0 Å². The molecule has 11 rings (SSSR count). The van der Waals surface area contributed by atoms with Gasteiger partial charge >= 0.3 is 0 Å². The van der Waals surface area contributed by atoms with E-state index >= 15 is 0 Å². The van der Waals surface area contributed by atoms with E-state index in [0.29, 0.717) is 6.54 Å². The third-order valence-electron chi connectivity index (χ3n) is 12.2. The minimum absolute atomic E-state index is 0.304. The Labute approximate surface area is 337 Å². The average Bonchev–Trinajstić information content (AvgIpc) is 3.29. The molecule has 0 aliphatic carbocycles. The molecule has 0 radical (unpaired) electrons. The van der Waals surface area contributed by atoms with Crippen molar-refractivity contribution in [3.8, 4) is 11.1 Å². The summed E-state index contributed by atoms with van der Waals surface area (Å²) in [4.78, 5) is 0. The van der Waals surface area contributed by atoms with Crippen molar-refractivity contribution in [1.29, 1.82) is 0 Å². The molecule has 3 nitrogen and oxygen atoms in total. The van der Waals surface area contributed by atoms with Gasteiger partial charge < -0.3 is 5.73 Å². The van der Waals surface area contributed by atoms with Crippen molar-refractivity contribution < 1.29 is 0 Å². The summed E-state index contributed by atoms with van der Waals surface area (Å²) in [5.74, 6) is 0. The quantitative estimate of drug-likeness (QED) is 0.0825. The van der Waals surface area contributed by atoms with Crippen molar-refractivity contribution in [2.75, 3.05) is 0 Å². The van der Waals surface area contributed by atoms with E-state index in [4.69, 9.17) is 5.73 Å². The molecule has 3 heteroatoms. The maximum atomic E-state index is 7.20. The van der Waals surface area contributed by atoms with Crippen LogP contribution in [0.5, 0.6) is 0 Å². The van der Waals surface area contributed by atoms with Gasteiger partial charge in [-0.2, -0.15) is 0 Å². The predicted molar refractivity (Wildman–Crippen MR) is 247 cm³/mol. The number of fused-ring (bicyclic) bond motifs is 12. The SMILES string of the molecule is NC(NC(NCc1cc2c3ccccc3c3ccccc3c2c2ccccc12)c1c2ccccc2cc2c1ccc1ccccc12)c1ccc(-c2ccccc2)cc1. The van der Waals surface area contributed by atoms with E-state index in [1.807, 2.05) is 0 Å². The lowest BCUT2D eigenvalue weighted by Gasteiger charge is -2.28. The first-order chi connectivity index (χ1) is 28.7. The summed E-state index contributed by atoms with van der Waals surface area (Å²) >= 11 is 0. The Bertz CT molecular complexity index is 3330. The highest BCUT2D eigenvalue weighted by atomic mass is 15.2. The van der Waals surface area contributed by atoms with Crippen molar-refractivity contribution >= 4 is 75.4 Å². The summed E-state index contributed by atoms with van der Waals surface area (Å²) in [6, 6.07) is 72.5. The van der Waals surface area contributed by atoms with Gasteiger partial charge in [-0.05, 0) is 115 Å².